The van der Waals surface area contributed by atoms with Gasteiger partial charge in [-0.05, 0) is 57.2 Å². The summed E-state index contributed by atoms with van der Waals surface area (Å²) >= 11 is 5.54. The van der Waals surface area contributed by atoms with Crippen molar-refractivity contribution < 1.29 is 33.3 Å². The highest BCUT2D eigenvalue weighted by Crippen LogP contribution is 2.37. The lowest BCUT2D eigenvalue weighted by molar-refractivity contribution is -0.0606. The van der Waals surface area contributed by atoms with Crippen molar-refractivity contribution in [3.05, 3.63) is 123 Å². The number of ether oxygens (including phenoxy) is 4. The van der Waals surface area contributed by atoms with Crippen molar-refractivity contribution in [2.45, 2.75) is 45.3 Å². The van der Waals surface area contributed by atoms with Crippen LogP contribution in [-0.4, -0.2) is 61.9 Å². The highest BCUT2D eigenvalue weighted by atomic mass is 32.1. The second-order valence-corrected chi connectivity index (χ2v) is 11.9. The molecular weight excluding hydrogens is 620 g/mol. The Kier molecular flexibility index (Phi) is 8.97. The molecule has 0 bridgehead atoms. The lowest BCUT2D eigenvalue weighted by Crippen LogP contribution is -2.41. The minimum absolute atomic E-state index is 0.288. The van der Waals surface area contributed by atoms with E-state index in [1.807, 2.05) is 20.8 Å². The van der Waals surface area contributed by atoms with Gasteiger partial charge in [-0.25, -0.2) is 24.4 Å². The molecule has 2 aromatic heterocycles. The number of esters is 3. The van der Waals surface area contributed by atoms with E-state index in [9.17, 15) is 14.4 Å². The number of hydrogen-bond donors (Lipinski definition) is 0. The van der Waals surface area contributed by atoms with Gasteiger partial charge < -0.3 is 23.5 Å². The summed E-state index contributed by atoms with van der Waals surface area (Å²) in [6, 6.07) is 20.7. The number of nitrogens with zero attached hydrogens (tertiary/aromatic N) is 4. The van der Waals surface area contributed by atoms with Crippen LogP contribution in [0.4, 0.5) is 0 Å². The number of carbonyl (C=O) groups is 3. The summed E-state index contributed by atoms with van der Waals surface area (Å²) in [6.45, 7) is 5.41. The van der Waals surface area contributed by atoms with Gasteiger partial charge in [0, 0.05) is 7.05 Å². The van der Waals surface area contributed by atoms with Crippen molar-refractivity contribution >= 4 is 41.3 Å². The van der Waals surface area contributed by atoms with E-state index in [0.717, 1.165) is 16.7 Å². The number of fused-ring (bicyclic) bond motifs is 1. The van der Waals surface area contributed by atoms with E-state index in [1.165, 1.54) is 6.33 Å². The Labute approximate surface area is 275 Å². The smallest absolute Gasteiger partial charge is 0.338 e. The first kappa shape index (κ1) is 31.8. The number of imidazole rings is 1. The maximum atomic E-state index is 13.5. The molecule has 4 unspecified atom stereocenters. The molecule has 47 heavy (non-hydrogen) atoms. The average molecular weight is 653 g/mol. The predicted octanol–water partition coefficient (Wildman–Crippen LogP) is 5.63. The van der Waals surface area contributed by atoms with Gasteiger partial charge in [0.2, 0.25) is 0 Å². The number of hydrogen-bond acceptors (Lipinski definition) is 10. The molecule has 240 valence electrons. The predicted molar refractivity (Wildman–Crippen MR) is 173 cm³/mol. The van der Waals surface area contributed by atoms with E-state index < -0.39 is 42.4 Å². The molecule has 0 amide bonds. The van der Waals surface area contributed by atoms with Crippen LogP contribution in [-0.2, 0) is 26.0 Å². The van der Waals surface area contributed by atoms with E-state index in [1.54, 1.807) is 95.3 Å². The van der Waals surface area contributed by atoms with Gasteiger partial charge in [0.15, 0.2) is 24.1 Å². The normalized spacial score (nSPS) is 19.0. The van der Waals surface area contributed by atoms with Crippen LogP contribution in [0.1, 0.15) is 54.0 Å². The van der Waals surface area contributed by atoms with Crippen LogP contribution in [0.3, 0.4) is 0 Å². The molecule has 5 aromatic rings. The molecular formula is C35H32N4O7S. The molecule has 1 saturated heterocycles. The van der Waals surface area contributed by atoms with E-state index >= 15 is 0 Å². The van der Waals surface area contributed by atoms with Crippen molar-refractivity contribution in [2.24, 2.45) is 7.05 Å². The molecule has 1 fully saturated rings. The third-order valence-electron chi connectivity index (χ3n) is 7.93. The summed E-state index contributed by atoms with van der Waals surface area (Å²) in [6.07, 6.45) is -1.51. The van der Waals surface area contributed by atoms with Gasteiger partial charge in [-0.1, -0.05) is 65.3 Å². The zero-order valence-electron chi connectivity index (χ0n) is 26.2. The molecule has 11 nitrogen and oxygen atoms in total. The number of carbonyl (C=O) groups excluding carboxylic acids is 3. The van der Waals surface area contributed by atoms with Gasteiger partial charge in [0.05, 0.1) is 29.3 Å². The van der Waals surface area contributed by atoms with Gasteiger partial charge in [-0.3, -0.25) is 4.57 Å². The number of rotatable bonds is 8. The molecule has 0 spiro atoms. The first-order chi connectivity index (χ1) is 22.6. The van der Waals surface area contributed by atoms with Gasteiger partial charge in [0.1, 0.15) is 22.9 Å². The van der Waals surface area contributed by atoms with Crippen molar-refractivity contribution in [1.29, 1.82) is 0 Å². The Morgan fingerprint density at radius 3 is 1.74 bits per heavy atom. The third kappa shape index (κ3) is 6.69. The fourth-order valence-electron chi connectivity index (χ4n) is 5.21. The molecule has 0 radical (unpaired) electrons. The van der Waals surface area contributed by atoms with E-state index in [4.69, 9.17) is 31.2 Å². The highest BCUT2D eigenvalue weighted by molar-refractivity contribution is 7.71. The van der Waals surface area contributed by atoms with Gasteiger partial charge in [-0.2, -0.15) is 0 Å². The number of aryl methyl sites for hydroxylation is 4. The Morgan fingerprint density at radius 1 is 0.723 bits per heavy atom. The lowest BCUT2D eigenvalue weighted by atomic mass is 10.1. The SMILES string of the molecule is Cc1ccc(C(=O)OCC2OC(n3cnc4c(=S)n(C)cnc43)C(OC(=O)c3ccc(C)cc3)C2OC(=O)c2ccc(C)cc2)cc1. The Hall–Kier alpha value is -5.20. The molecule has 4 atom stereocenters. The van der Waals surface area contributed by atoms with Crippen LogP contribution < -0.4 is 0 Å². The van der Waals surface area contributed by atoms with Crippen LogP contribution in [0, 0.1) is 25.4 Å². The van der Waals surface area contributed by atoms with Crippen LogP contribution >= 0.6 is 12.2 Å². The quantitative estimate of drug-likeness (QED) is 0.118. The largest absolute Gasteiger partial charge is 0.459 e. The first-order valence-electron chi connectivity index (χ1n) is 14.9. The highest BCUT2D eigenvalue weighted by Gasteiger charge is 2.52. The molecule has 1 aliphatic heterocycles. The minimum atomic E-state index is -1.21. The lowest BCUT2D eigenvalue weighted by Gasteiger charge is -2.25. The molecule has 0 N–H and O–H groups in total. The summed E-state index contributed by atoms with van der Waals surface area (Å²) in [5.74, 6) is -1.92. The van der Waals surface area contributed by atoms with Crippen molar-refractivity contribution in [3.63, 3.8) is 0 Å². The van der Waals surface area contributed by atoms with Crippen molar-refractivity contribution in [2.75, 3.05) is 6.61 Å². The molecule has 3 heterocycles. The maximum Gasteiger partial charge on any atom is 0.338 e. The number of benzene rings is 3. The molecule has 3 aromatic carbocycles. The molecule has 0 saturated carbocycles. The minimum Gasteiger partial charge on any atom is -0.459 e. The van der Waals surface area contributed by atoms with Crippen molar-refractivity contribution in [3.8, 4) is 0 Å². The second kappa shape index (κ2) is 13.3. The maximum absolute atomic E-state index is 13.5. The summed E-state index contributed by atoms with van der Waals surface area (Å²) in [5, 5.41) is 0. The van der Waals surface area contributed by atoms with E-state index in [0.29, 0.717) is 26.9 Å². The first-order valence-corrected chi connectivity index (χ1v) is 15.3. The van der Waals surface area contributed by atoms with Gasteiger partial charge >= 0.3 is 17.9 Å². The fraction of sp³-hybridized carbons (Fsp3) is 0.257. The van der Waals surface area contributed by atoms with Crippen LogP contribution in [0.25, 0.3) is 11.2 Å². The Balaban J connectivity index is 1.38. The van der Waals surface area contributed by atoms with Gasteiger partial charge in [0.25, 0.3) is 0 Å². The average Bonchev–Trinajstić information content (AvgIpc) is 3.64. The third-order valence-corrected chi connectivity index (χ3v) is 8.41. The zero-order chi connectivity index (χ0) is 33.2. The van der Waals surface area contributed by atoms with Crippen LogP contribution in [0.15, 0.2) is 85.5 Å². The van der Waals surface area contributed by atoms with Crippen LogP contribution in [0.5, 0.6) is 0 Å². The topological polar surface area (TPSA) is 124 Å². The fourth-order valence-corrected chi connectivity index (χ4v) is 5.40. The standard InChI is InChI=1S/C35H32N4O7S/c1-20-5-11-23(12-6-20)33(40)43-17-26-28(45-34(41)24-13-7-21(2)8-14-24)29(46-35(42)25-15-9-22(3)10-16-25)31(44-26)39-19-36-27-30(39)37-18-38(4)32(27)47/h5-16,18-19,26,28-29,31H,17H2,1-4H3. The summed E-state index contributed by atoms with van der Waals surface area (Å²) in [5.41, 5.74) is 4.64. The van der Waals surface area contributed by atoms with E-state index in [2.05, 4.69) is 9.97 Å². The van der Waals surface area contributed by atoms with Crippen molar-refractivity contribution in [1.82, 2.24) is 19.1 Å². The van der Waals surface area contributed by atoms with Crippen LogP contribution in [0.2, 0.25) is 0 Å². The van der Waals surface area contributed by atoms with Gasteiger partial charge in [-0.15, -0.1) is 0 Å². The summed E-state index contributed by atoms with van der Waals surface area (Å²) in [7, 11) is 1.75. The molecule has 0 aliphatic carbocycles. The second-order valence-electron chi connectivity index (χ2n) is 11.5. The summed E-state index contributed by atoms with van der Waals surface area (Å²) < 4.78 is 27.9. The molecule has 6 rings (SSSR count). The number of aromatic nitrogens is 4. The molecule has 1 aliphatic rings. The van der Waals surface area contributed by atoms with E-state index in [-0.39, 0.29) is 12.2 Å². The monoisotopic (exact) mass is 652 g/mol. The summed E-state index contributed by atoms with van der Waals surface area (Å²) in [4.78, 5) is 49.0. The Bertz CT molecular complexity index is 2000. The molecule has 12 heteroatoms. The Morgan fingerprint density at radius 2 is 1.21 bits per heavy atom. The zero-order valence-corrected chi connectivity index (χ0v) is 27.0.